The summed E-state index contributed by atoms with van der Waals surface area (Å²) in [5.74, 6) is 0. The van der Waals surface area contributed by atoms with E-state index in [1.807, 2.05) is 13.8 Å². The first kappa shape index (κ1) is 7.17. The second kappa shape index (κ2) is 4.33. The van der Waals surface area contributed by atoms with E-state index in [1.165, 1.54) is 0 Å². The Balaban J connectivity index is 2.86. The molecule has 1 nitrogen and oxygen atoms in total. The fourth-order valence-electron chi connectivity index (χ4n) is 0.192. The monoisotopic (exact) mass is 117 g/mol. The SMILES string of the molecule is C#[P+]COC(C)C. The third-order valence-corrected chi connectivity index (χ3v) is 0.781. The zero-order chi connectivity index (χ0) is 5.70. The number of rotatable bonds is 2. The molecule has 0 saturated carbocycles. The van der Waals surface area contributed by atoms with Gasteiger partial charge in [-0.1, -0.05) is 0 Å². The van der Waals surface area contributed by atoms with Gasteiger partial charge in [0.2, 0.25) is 0 Å². The van der Waals surface area contributed by atoms with Crippen molar-refractivity contribution in [3.05, 3.63) is 0 Å². The average molecular weight is 117 g/mol. The van der Waals surface area contributed by atoms with Gasteiger partial charge in [0.05, 0.1) is 0 Å². The first-order chi connectivity index (χ1) is 3.27. The molecule has 7 heavy (non-hydrogen) atoms. The summed E-state index contributed by atoms with van der Waals surface area (Å²) in [4.78, 5) is 0. The third kappa shape index (κ3) is 6.17. The Bertz CT molecular complexity index is 72.6. The molecule has 0 aliphatic heterocycles. The van der Waals surface area contributed by atoms with Crippen LogP contribution in [-0.4, -0.2) is 12.5 Å². The topological polar surface area (TPSA) is 9.23 Å². The van der Waals surface area contributed by atoms with Gasteiger partial charge in [0.1, 0.15) is 0 Å². The minimum atomic E-state index is 0.316. The van der Waals surface area contributed by atoms with Crippen molar-refractivity contribution >= 4 is 8.04 Å². The van der Waals surface area contributed by atoms with Gasteiger partial charge < -0.3 is 0 Å². The molecule has 0 radical (unpaired) electrons. The second-order valence-corrected chi connectivity index (χ2v) is 2.15. The van der Waals surface area contributed by atoms with Crippen LogP contribution in [0.5, 0.6) is 0 Å². The van der Waals surface area contributed by atoms with Gasteiger partial charge >= 0.3 is 45.2 Å². The zero-order valence-corrected chi connectivity index (χ0v) is 5.61. The molecule has 0 aromatic carbocycles. The number of hydrogen-bond donors (Lipinski definition) is 0. The predicted molar refractivity (Wildman–Crippen MR) is 33.0 cm³/mol. The molecular weight excluding hydrogens is 107 g/mol. The zero-order valence-electron chi connectivity index (χ0n) is 4.72. The van der Waals surface area contributed by atoms with Gasteiger partial charge in [0.15, 0.2) is 0 Å². The van der Waals surface area contributed by atoms with Crippen LogP contribution in [0.15, 0.2) is 0 Å². The Labute approximate surface area is 46.1 Å². The molecule has 0 aliphatic carbocycles. The van der Waals surface area contributed by atoms with E-state index in [-0.39, 0.29) is 0 Å². The standard InChI is InChI=1S/C5H10OP/c1-5(2)6-4-7-3/h3,5H,4H2,1-2H3/q+1. The quantitative estimate of drug-likeness (QED) is 0.502. The van der Waals surface area contributed by atoms with Crippen molar-refractivity contribution in [2.24, 2.45) is 0 Å². The van der Waals surface area contributed by atoms with Crippen LogP contribution in [0, 0.1) is 6.13 Å². The Morgan fingerprint density at radius 3 is 2.43 bits per heavy atom. The van der Waals surface area contributed by atoms with Crippen LogP contribution in [0.25, 0.3) is 0 Å². The van der Waals surface area contributed by atoms with E-state index in [0.717, 1.165) is 8.04 Å². The summed E-state index contributed by atoms with van der Waals surface area (Å²) in [5, 5.41) is 0. The van der Waals surface area contributed by atoms with E-state index in [2.05, 4.69) is 0 Å². The van der Waals surface area contributed by atoms with Crippen molar-refractivity contribution in [3.63, 3.8) is 0 Å². The van der Waals surface area contributed by atoms with Crippen LogP contribution in [-0.2, 0) is 4.74 Å². The van der Waals surface area contributed by atoms with Gasteiger partial charge in [0, 0.05) is 0 Å². The maximum absolute atomic E-state index is 5.12. The molecular formula is C5H10OP+. The normalized spacial score (nSPS) is 9.43. The van der Waals surface area contributed by atoms with Gasteiger partial charge in [-0.2, -0.15) is 0 Å². The van der Waals surface area contributed by atoms with E-state index in [1.54, 1.807) is 0 Å². The van der Waals surface area contributed by atoms with Crippen LogP contribution < -0.4 is 0 Å². The minimum absolute atomic E-state index is 0.316. The Hall–Kier alpha value is 0.170. The van der Waals surface area contributed by atoms with Crippen molar-refractivity contribution in [1.82, 2.24) is 0 Å². The van der Waals surface area contributed by atoms with Gasteiger partial charge in [0.25, 0.3) is 0 Å². The Kier molecular flexibility index (Phi) is 4.44. The van der Waals surface area contributed by atoms with E-state index in [0.29, 0.717) is 12.5 Å². The molecule has 0 amide bonds. The van der Waals surface area contributed by atoms with E-state index < -0.39 is 0 Å². The molecule has 40 valence electrons. The summed E-state index contributed by atoms with van der Waals surface area (Å²) in [6.07, 6.45) is 6.09. The maximum atomic E-state index is 5.12. The predicted octanol–water partition coefficient (Wildman–Crippen LogP) is 1.90. The molecule has 0 rings (SSSR count). The first-order valence-corrected chi connectivity index (χ1v) is 3.40. The summed E-state index contributed by atoms with van der Waals surface area (Å²) in [7, 11) is 0.818. The Morgan fingerprint density at radius 2 is 2.29 bits per heavy atom. The Morgan fingerprint density at radius 1 is 1.71 bits per heavy atom. The first-order valence-electron chi connectivity index (χ1n) is 2.25. The van der Waals surface area contributed by atoms with Crippen molar-refractivity contribution in [2.75, 3.05) is 6.35 Å². The van der Waals surface area contributed by atoms with Gasteiger partial charge in [-0.25, -0.2) is 0 Å². The summed E-state index contributed by atoms with van der Waals surface area (Å²) >= 11 is 0. The summed E-state index contributed by atoms with van der Waals surface area (Å²) in [6.45, 7) is 3.98. The molecule has 0 saturated heterocycles. The van der Waals surface area contributed by atoms with Crippen molar-refractivity contribution in [3.8, 4) is 6.13 Å². The molecule has 0 aliphatic rings. The summed E-state index contributed by atoms with van der Waals surface area (Å²) in [5.41, 5.74) is 0. The second-order valence-electron chi connectivity index (χ2n) is 1.53. The van der Waals surface area contributed by atoms with Gasteiger partial charge in [-0.15, -0.1) is 0 Å². The van der Waals surface area contributed by atoms with Crippen LogP contribution in [0.3, 0.4) is 0 Å². The fourth-order valence-corrected chi connectivity index (χ4v) is 0.576. The van der Waals surface area contributed by atoms with Gasteiger partial charge in [-0.3, -0.25) is 0 Å². The van der Waals surface area contributed by atoms with Crippen molar-refractivity contribution < 1.29 is 4.74 Å². The molecule has 0 unspecified atom stereocenters. The van der Waals surface area contributed by atoms with Crippen molar-refractivity contribution in [1.29, 1.82) is 0 Å². The summed E-state index contributed by atoms with van der Waals surface area (Å²) in [6, 6.07) is 0. The molecule has 0 fully saturated rings. The van der Waals surface area contributed by atoms with Crippen LogP contribution in [0.4, 0.5) is 0 Å². The van der Waals surface area contributed by atoms with Crippen molar-refractivity contribution in [2.45, 2.75) is 20.0 Å². The van der Waals surface area contributed by atoms with Crippen LogP contribution >= 0.6 is 8.04 Å². The molecule has 0 heterocycles. The molecule has 0 N–H and O–H groups in total. The molecule has 0 aromatic heterocycles. The molecule has 0 bridgehead atoms. The average Bonchev–Trinajstić information content (AvgIpc) is 1.61. The number of hydrogen-bond acceptors (Lipinski definition) is 1. The fraction of sp³-hybridized carbons (Fsp3) is 0.800. The van der Waals surface area contributed by atoms with E-state index >= 15 is 0 Å². The van der Waals surface area contributed by atoms with Gasteiger partial charge in [-0.05, 0) is 0 Å². The van der Waals surface area contributed by atoms with E-state index in [4.69, 9.17) is 10.9 Å². The molecule has 0 aromatic rings. The van der Waals surface area contributed by atoms with Crippen LogP contribution in [0.1, 0.15) is 13.8 Å². The third-order valence-electron chi connectivity index (χ3n) is 0.482. The number of ether oxygens (including phenoxy) is 1. The summed E-state index contributed by atoms with van der Waals surface area (Å²) < 4.78 is 5.05. The van der Waals surface area contributed by atoms with E-state index in [9.17, 15) is 0 Å². The molecule has 0 spiro atoms. The molecule has 2 heteroatoms. The molecule has 0 atom stereocenters. The van der Waals surface area contributed by atoms with Crippen LogP contribution in [0.2, 0.25) is 0 Å².